The molecule has 1 amide bonds. The van der Waals surface area contributed by atoms with Gasteiger partial charge in [0.05, 0.1) is 0 Å². The van der Waals surface area contributed by atoms with Gasteiger partial charge < -0.3 is 19.0 Å². The first-order valence-electron chi connectivity index (χ1n) is 4.04. The van der Waals surface area contributed by atoms with Gasteiger partial charge in [0, 0.05) is 33.8 Å². The van der Waals surface area contributed by atoms with Crippen LogP contribution in [0.1, 0.15) is 12.8 Å². The van der Waals surface area contributed by atoms with Crippen molar-refractivity contribution in [2.45, 2.75) is 18.9 Å². The standard InChI is InChI=1S/C7H17NO4Si/c1-10-13(11-2,12-3)6-4-5-7(8)9/h4-6H2,1-3H3,(H2,8,9). The van der Waals surface area contributed by atoms with Crippen LogP contribution >= 0.6 is 0 Å². The lowest BCUT2D eigenvalue weighted by molar-refractivity contribution is -0.118. The Morgan fingerprint density at radius 2 is 1.69 bits per heavy atom. The van der Waals surface area contributed by atoms with Crippen LogP contribution in [-0.4, -0.2) is 36.0 Å². The molecule has 0 aliphatic heterocycles. The van der Waals surface area contributed by atoms with E-state index in [4.69, 9.17) is 19.0 Å². The van der Waals surface area contributed by atoms with Gasteiger partial charge in [0.1, 0.15) is 0 Å². The fourth-order valence-electron chi connectivity index (χ4n) is 1.04. The van der Waals surface area contributed by atoms with Crippen molar-refractivity contribution in [1.29, 1.82) is 0 Å². The summed E-state index contributed by atoms with van der Waals surface area (Å²) in [6.07, 6.45) is 0.974. The zero-order valence-electron chi connectivity index (χ0n) is 8.33. The highest BCUT2D eigenvalue weighted by atomic mass is 28.4. The smallest absolute Gasteiger partial charge is 0.377 e. The molecule has 0 aromatic carbocycles. The van der Waals surface area contributed by atoms with Crippen LogP contribution in [0.3, 0.4) is 0 Å². The van der Waals surface area contributed by atoms with E-state index in [2.05, 4.69) is 0 Å². The molecular formula is C7H17NO4Si. The number of carbonyl (C=O) groups is 1. The Hall–Kier alpha value is -0.433. The lowest BCUT2D eigenvalue weighted by Gasteiger charge is -2.23. The third-order valence-electron chi connectivity index (χ3n) is 1.84. The van der Waals surface area contributed by atoms with E-state index in [0.29, 0.717) is 18.9 Å². The van der Waals surface area contributed by atoms with Crippen LogP contribution in [-0.2, 0) is 18.1 Å². The van der Waals surface area contributed by atoms with Gasteiger partial charge >= 0.3 is 8.80 Å². The minimum atomic E-state index is -2.49. The molecule has 6 heteroatoms. The summed E-state index contributed by atoms with van der Waals surface area (Å²) in [4.78, 5) is 10.5. The lowest BCUT2D eigenvalue weighted by atomic mass is 10.3. The minimum absolute atomic E-state index is 0.314. The number of hydrogen-bond donors (Lipinski definition) is 1. The molecule has 13 heavy (non-hydrogen) atoms. The van der Waals surface area contributed by atoms with E-state index in [1.54, 1.807) is 21.3 Å². The van der Waals surface area contributed by atoms with Crippen LogP contribution in [0.4, 0.5) is 0 Å². The Bertz CT molecular complexity index is 152. The van der Waals surface area contributed by atoms with Gasteiger partial charge in [-0.05, 0) is 6.42 Å². The number of hydrogen-bond acceptors (Lipinski definition) is 4. The summed E-state index contributed by atoms with van der Waals surface area (Å²) in [5.74, 6) is -0.314. The molecule has 0 bridgehead atoms. The zero-order valence-corrected chi connectivity index (χ0v) is 9.33. The third kappa shape index (κ3) is 4.37. The van der Waals surface area contributed by atoms with Gasteiger partial charge in [-0.1, -0.05) is 0 Å². The maximum Gasteiger partial charge on any atom is 0.500 e. The molecule has 0 aliphatic carbocycles. The molecule has 0 saturated heterocycles. The second kappa shape index (κ2) is 6.09. The molecule has 0 unspecified atom stereocenters. The average molecular weight is 207 g/mol. The van der Waals surface area contributed by atoms with Crippen molar-refractivity contribution in [3.05, 3.63) is 0 Å². The highest BCUT2D eigenvalue weighted by molar-refractivity contribution is 6.60. The van der Waals surface area contributed by atoms with Crippen molar-refractivity contribution in [1.82, 2.24) is 0 Å². The molecule has 0 radical (unpaired) electrons. The zero-order chi connectivity index (χ0) is 10.3. The van der Waals surface area contributed by atoms with Gasteiger partial charge in [-0.3, -0.25) is 4.79 Å². The molecule has 0 spiro atoms. The Morgan fingerprint density at radius 3 is 2.00 bits per heavy atom. The van der Waals surface area contributed by atoms with Gasteiger partial charge in [0.25, 0.3) is 0 Å². The number of nitrogens with two attached hydrogens (primary N) is 1. The topological polar surface area (TPSA) is 70.8 Å². The van der Waals surface area contributed by atoms with E-state index in [1.807, 2.05) is 0 Å². The van der Waals surface area contributed by atoms with Crippen molar-refractivity contribution in [3.63, 3.8) is 0 Å². The van der Waals surface area contributed by atoms with Crippen molar-refractivity contribution >= 4 is 14.7 Å². The van der Waals surface area contributed by atoms with Gasteiger partial charge in [0.2, 0.25) is 5.91 Å². The summed E-state index contributed by atoms with van der Waals surface area (Å²) in [6, 6.07) is 0.611. The maximum atomic E-state index is 10.5. The van der Waals surface area contributed by atoms with E-state index in [9.17, 15) is 4.79 Å². The average Bonchev–Trinajstić information content (AvgIpc) is 2.13. The molecule has 0 atom stereocenters. The van der Waals surface area contributed by atoms with E-state index >= 15 is 0 Å². The summed E-state index contributed by atoms with van der Waals surface area (Å²) in [5.41, 5.74) is 5.00. The normalized spacial score (nSPS) is 11.6. The Labute approximate surface area is 79.5 Å². The number of amides is 1. The molecule has 0 saturated carbocycles. The molecule has 5 nitrogen and oxygen atoms in total. The van der Waals surface area contributed by atoms with Crippen LogP contribution in [0.15, 0.2) is 0 Å². The van der Waals surface area contributed by atoms with Crippen molar-refractivity contribution in [3.8, 4) is 0 Å². The Kier molecular flexibility index (Phi) is 5.88. The predicted molar refractivity (Wildman–Crippen MR) is 50.0 cm³/mol. The van der Waals surface area contributed by atoms with Crippen LogP contribution in [0.25, 0.3) is 0 Å². The summed E-state index contributed by atoms with van der Waals surface area (Å²) in [6.45, 7) is 0. The van der Waals surface area contributed by atoms with Gasteiger partial charge in [-0.2, -0.15) is 0 Å². The number of primary amides is 1. The van der Waals surface area contributed by atoms with Crippen LogP contribution in [0.2, 0.25) is 6.04 Å². The van der Waals surface area contributed by atoms with Crippen LogP contribution in [0, 0.1) is 0 Å². The van der Waals surface area contributed by atoms with Gasteiger partial charge in [0.15, 0.2) is 0 Å². The highest BCUT2D eigenvalue weighted by Crippen LogP contribution is 2.15. The second-order valence-corrected chi connectivity index (χ2v) is 5.71. The molecular weight excluding hydrogens is 190 g/mol. The van der Waals surface area contributed by atoms with E-state index in [0.717, 1.165) is 0 Å². The first-order valence-corrected chi connectivity index (χ1v) is 5.97. The Balaban J connectivity index is 3.88. The fourth-order valence-corrected chi connectivity index (χ4v) is 2.76. The fraction of sp³-hybridized carbons (Fsp3) is 0.857. The number of carbonyl (C=O) groups excluding carboxylic acids is 1. The van der Waals surface area contributed by atoms with Gasteiger partial charge in [-0.15, -0.1) is 0 Å². The van der Waals surface area contributed by atoms with Gasteiger partial charge in [-0.25, -0.2) is 0 Å². The molecule has 0 fully saturated rings. The molecule has 0 aromatic heterocycles. The monoisotopic (exact) mass is 207 g/mol. The molecule has 78 valence electrons. The first kappa shape index (κ1) is 12.6. The van der Waals surface area contributed by atoms with Crippen LogP contribution < -0.4 is 5.73 Å². The van der Waals surface area contributed by atoms with E-state index < -0.39 is 8.80 Å². The summed E-state index contributed by atoms with van der Waals surface area (Å²) >= 11 is 0. The van der Waals surface area contributed by atoms with Crippen LogP contribution in [0.5, 0.6) is 0 Å². The largest absolute Gasteiger partial charge is 0.500 e. The van der Waals surface area contributed by atoms with Crippen molar-refractivity contribution < 1.29 is 18.1 Å². The number of rotatable bonds is 7. The van der Waals surface area contributed by atoms with E-state index in [-0.39, 0.29) is 5.91 Å². The SMILES string of the molecule is CO[Si](CCCC(N)=O)(OC)OC. The summed E-state index contributed by atoms with van der Waals surface area (Å²) in [7, 11) is 2.14. The lowest BCUT2D eigenvalue weighted by Crippen LogP contribution is -2.42. The maximum absolute atomic E-state index is 10.5. The van der Waals surface area contributed by atoms with Crippen molar-refractivity contribution in [2.24, 2.45) is 5.73 Å². The van der Waals surface area contributed by atoms with Crippen molar-refractivity contribution in [2.75, 3.05) is 21.3 Å². The molecule has 0 heterocycles. The molecule has 0 rings (SSSR count). The molecule has 2 N–H and O–H groups in total. The molecule has 0 aromatic rings. The first-order chi connectivity index (χ1) is 6.10. The van der Waals surface area contributed by atoms with E-state index in [1.165, 1.54) is 0 Å². The second-order valence-electron chi connectivity index (χ2n) is 2.62. The predicted octanol–water partition coefficient (Wildman–Crippen LogP) is 0.130. The quantitative estimate of drug-likeness (QED) is 0.602. The summed E-state index contributed by atoms with van der Waals surface area (Å²) in [5, 5.41) is 0. The third-order valence-corrected chi connectivity index (χ3v) is 4.67. The molecule has 0 aliphatic rings. The minimum Gasteiger partial charge on any atom is -0.377 e. The Morgan fingerprint density at radius 1 is 1.23 bits per heavy atom. The summed E-state index contributed by atoms with van der Waals surface area (Å²) < 4.78 is 15.5. The highest BCUT2D eigenvalue weighted by Gasteiger charge is 2.36.